The average Bonchev–Trinajstić information content (AvgIpc) is 2.66. The Hall–Kier alpha value is 0.140. The van der Waals surface area contributed by atoms with Crippen LogP contribution < -0.4 is 5.32 Å². The molecule has 86 valence electrons. The van der Waals surface area contributed by atoms with Gasteiger partial charge in [-0.1, -0.05) is 26.7 Å². The molecule has 1 nitrogen and oxygen atoms in total. The first-order chi connectivity index (χ1) is 7.17. The summed E-state index contributed by atoms with van der Waals surface area (Å²) in [4.78, 5) is 1.41. The van der Waals surface area contributed by atoms with E-state index in [4.69, 9.17) is 0 Å². The molecular weight excluding hydrogens is 270 g/mol. The van der Waals surface area contributed by atoms with Gasteiger partial charge >= 0.3 is 0 Å². The van der Waals surface area contributed by atoms with Crippen LogP contribution in [0.15, 0.2) is 15.9 Å². The van der Waals surface area contributed by atoms with Crippen molar-refractivity contribution >= 4 is 27.3 Å². The summed E-state index contributed by atoms with van der Waals surface area (Å²) in [6, 6.07) is 2.68. The Bertz CT molecular complexity index is 281. The lowest BCUT2D eigenvalue weighted by molar-refractivity contribution is 0.424. The summed E-state index contributed by atoms with van der Waals surface area (Å²) in [5.74, 6) is 0.816. The van der Waals surface area contributed by atoms with Crippen LogP contribution in [0.1, 0.15) is 44.5 Å². The van der Waals surface area contributed by atoms with Gasteiger partial charge in [0.2, 0.25) is 0 Å². The highest BCUT2D eigenvalue weighted by molar-refractivity contribution is 9.10. The predicted molar refractivity (Wildman–Crippen MR) is 72.5 cm³/mol. The minimum atomic E-state index is 0.474. The molecule has 1 unspecified atom stereocenters. The zero-order chi connectivity index (χ0) is 11.3. The third-order valence-electron chi connectivity index (χ3n) is 2.88. The van der Waals surface area contributed by atoms with E-state index in [-0.39, 0.29) is 0 Å². The average molecular weight is 290 g/mol. The first kappa shape index (κ1) is 13.2. The molecule has 15 heavy (non-hydrogen) atoms. The number of hydrogen-bond acceptors (Lipinski definition) is 2. The van der Waals surface area contributed by atoms with Crippen molar-refractivity contribution in [2.75, 3.05) is 6.54 Å². The number of hydrogen-bond donors (Lipinski definition) is 1. The van der Waals surface area contributed by atoms with Gasteiger partial charge in [-0.2, -0.15) is 0 Å². The molecule has 0 radical (unpaired) electrons. The lowest BCUT2D eigenvalue weighted by Crippen LogP contribution is -2.24. The molecule has 0 bridgehead atoms. The molecule has 1 rings (SSSR count). The molecule has 1 aromatic heterocycles. The summed E-state index contributed by atoms with van der Waals surface area (Å²) in [5.41, 5.74) is 0. The fourth-order valence-corrected chi connectivity index (χ4v) is 3.05. The second-order valence-electron chi connectivity index (χ2n) is 3.98. The first-order valence-corrected chi connectivity index (χ1v) is 7.31. The Balaban J connectivity index is 2.39. The molecule has 0 aliphatic rings. The summed E-state index contributed by atoms with van der Waals surface area (Å²) in [5, 5.41) is 5.75. The summed E-state index contributed by atoms with van der Waals surface area (Å²) in [6.07, 6.45) is 2.54. The van der Waals surface area contributed by atoms with Gasteiger partial charge in [-0.25, -0.2) is 0 Å². The monoisotopic (exact) mass is 289 g/mol. The molecular formula is C12H20BrNS. The lowest BCUT2D eigenvalue weighted by atomic mass is 10.0. The van der Waals surface area contributed by atoms with Crippen molar-refractivity contribution in [2.45, 2.75) is 39.7 Å². The highest BCUT2D eigenvalue weighted by Crippen LogP contribution is 2.25. The van der Waals surface area contributed by atoms with Gasteiger partial charge in [0.1, 0.15) is 0 Å². The van der Waals surface area contributed by atoms with E-state index in [2.05, 4.69) is 53.5 Å². The van der Waals surface area contributed by atoms with E-state index in [9.17, 15) is 0 Å². The van der Waals surface area contributed by atoms with E-state index in [0.29, 0.717) is 6.04 Å². The van der Waals surface area contributed by atoms with Crippen molar-refractivity contribution in [1.29, 1.82) is 0 Å². The van der Waals surface area contributed by atoms with Crippen LogP contribution in [0.2, 0.25) is 0 Å². The van der Waals surface area contributed by atoms with Crippen LogP contribution in [0.5, 0.6) is 0 Å². The second-order valence-corrected chi connectivity index (χ2v) is 5.84. The van der Waals surface area contributed by atoms with Crippen LogP contribution in [0.25, 0.3) is 0 Å². The number of halogens is 1. The fourth-order valence-electron chi connectivity index (χ4n) is 1.58. The fraction of sp³-hybridized carbons (Fsp3) is 0.667. The van der Waals surface area contributed by atoms with E-state index >= 15 is 0 Å². The van der Waals surface area contributed by atoms with Crippen LogP contribution in [0, 0.1) is 5.92 Å². The van der Waals surface area contributed by atoms with E-state index < -0.39 is 0 Å². The maximum Gasteiger partial charge on any atom is 0.0386 e. The van der Waals surface area contributed by atoms with Crippen molar-refractivity contribution in [3.63, 3.8) is 0 Å². The molecule has 1 N–H and O–H groups in total. The van der Waals surface area contributed by atoms with Crippen molar-refractivity contribution < 1.29 is 0 Å². The third-order valence-corrected chi connectivity index (χ3v) is 4.76. The van der Waals surface area contributed by atoms with E-state index in [1.165, 1.54) is 22.2 Å². The van der Waals surface area contributed by atoms with Crippen molar-refractivity contribution in [2.24, 2.45) is 5.92 Å². The molecule has 0 spiro atoms. The Morgan fingerprint density at radius 3 is 2.53 bits per heavy atom. The van der Waals surface area contributed by atoms with Crippen molar-refractivity contribution in [3.05, 3.63) is 20.8 Å². The lowest BCUT2D eigenvalue weighted by Gasteiger charge is -2.17. The van der Waals surface area contributed by atoms with Gasteiger partial charge in [0.05, 0.1) is 0 Å². The molecule has 0 aliphatic carbocycles. The SMILES string of the molecule is CCC(CC)CNC(C)c1cc(Br)cs1. The smallest absolute Gasteiger partial charge is 0.0386 e. The Labute approximate surface area is 105 Å². The zero-order valence-corrected chi connectivity index (χ0v) is 12.1. The minimum Gasteiger partial charge on any atom is -0.309 e. The van der Waals surface area contributed by atoms with Crippen LogP contribution in [-0.2, 0) is 0 Å². The van der Waals surface area contributed by atoms with Gasteiger partial charge in [-0.3, -0.25) is 0 Å². The Morgan fingerprint density at radius 2 is 2.07 bits per heavy atom. The predicted octanol–water partition coefficient (Wildman–Crippen LogP) is 4.60. The second kappa shape index (κ2) is 6.66. The molecule has 1 atom stereocenters. The molecule has 0 aliphatic heterocycles. The molecule has 0 amide bonds. The van der Waals surface area contributed by atoms with Crippen LogP contribution >= 0.6 is 27.3 Å². The topological polar surface area (TPSA) is 12.0 Å². The molecule has 1 aromatic rings. The number of rotatable bonds is 6. The Morgan fingerprint density at radius 1 is 1.40 bits per heavy atom. The molecule has 0 fully saturated rings. The molecule has 0 aromatic carbocycles. The quantitative estimate of drug-likeness (QED) is 0.807. The maximum atomic E-state index is 3.60. The first-order valence-electron chi connectivity index (χ1n) is 5.64. The van der Waals surface area contributed by atoms with Crippen LogP contribution in [0.3, 0.4) is 0 Å². The number of nitrogens with one attached hydrogen (secondary N) is 1. The zero-order valence-electron chi connectivity index (χ0n) is 9.72. The molecule has 0 saturated heterocycles. The molecule has 0 saturated carbocycles. The largest absolute Gasteiger partial charge is 0.309 e. The van der Waals surface area contributed by atoms with Gasteiger partial charge in [0.25, 0.3) is 0 Å². The van der Waals surface area contributed by atoms with Crippen molar-refractivity contribution in [1.82, 2.24) is 5.32 Å². The minimum absolute atomic E-state index is 0.474. The van der Waals surface area contributed by atoms with E-state index in [1.54, 1.807) is 0 Å². The van der Waals surface area contributed by atoms with Gasteiger partial charge in [-0.15, -0.1) is 11.3 Å². The van der Waals surface area contributed by atoms with E-state index in [0.717, 1.165) is 12.5 Å². The summed E-state index contributed by atoms with van der Waals surface area (Å²) in [6.45, 7) is 7.90. The molecule has 3 heteroatoms. The maximum absolute atomic E-state index is 3.60. The Kier molecular flexibility index (Phi) is 5.87. The van der Waals surface area contributed by atoms with Crippen LogP contribution in [0.4, 0.5) is 0 Å². The highest BCUT2D eigenvalue weighted by Gasteiger charge is 2.09. The van der Waals surface area contributed by atoms with Crippen LogP contribution in [-0.4, -0.2) is 6.54 Å². The number of thiophene rings is 1. The molecule has 1 heterocycles. The summed E-state index contributed by atoms with van der Waals surface area (Å²) < 4.78 is 1.19. The van der Waals surface area contributed by atoms with Gasteiger partial charge in [-0.05, 0) is 41.4 Å². The summed E-state index contributed by atoms with van der Waals surface area (Å²) >= 11 is 5.31. The normalized spacial score (nSPS) is 13.4. The van der Waals surface area contributed by atoms with Gasteiger partial charge in [0.15, 0.2) is 0 Å². The van der Waals surface area contributed by atoms with Gasteiger partial charge in [0, 0.05) is 20.8 Å². The van der Waals surface area contributed by atoms with E-state index in [1.807, 2.05) is 11.3 Å². The highest BCUT2D eigenvalue weighted by atomic mass is 79.9. The standard InChI is InChI=1S/C12H20BrNS/c1-4-10(5-2)7-14-9(3)12-6-11(13)8-15-12/h6,8-10,14H,4-5,7H2,1-3H3. The van der Waals surface area contributed by atoms with Crippen molar-refractivity contribution in [3.8, 4) is 0 Å². The van der Waals surface area contributed by atoms with Gasteiger partial charge < -0.3 is 5.32 Å². The summed E-state index contributed by atoms with van der Waals surface area (Å²) in [7, 11) is 0. The third kappa shape index (κ3) is 4.25.